The molecule has 0 radical (unpaired) electrons. The maximum Gasteiger partial charge on any atom is 0.338 e. The first-order chi connectivity index (χ1) is 12.0. The highest BCUT2D eigenvalue weighted by Gasteiger charge is 2.19. The molecule has 25 heavy (non-hydrogen) atoms. The molecule has 2 amide bonds. The van der Waals surface area contributed by atoms with E-state index in [4.69, 9.17) is 4.74 Å². The van der Waals surface area contributed by atoms with E-state index in [9.17, 15) is 14.4 Å². The van der Waals surface area contributed by atoms with Crippen molar-refractivity contribution in [2.45, 2.75) is 39.5 Å². The van der Waals surface area contributed by atoms with E-state index in [0.29, 0.717) is 17.8 Å². The van der Waals surface area contributed by atoms with Crippen molar-refractivity contribution in [1.82, 2.24) is 4.90 Å². The van der Waals surface area contributed by atoms with Crippen molar-refractivity contribution in [3.05, 3.63) is 41.6 Å². The van der Waals surface area contributed by atoms with Crippen LogP contribution in [-0.2, 0) is 14.3 Å². The van der Waals surface area contributed by atoms with Crippen LogP contribution < -0.4 is 5.32 Å². The normalized spacial score (nSPS) is 13.6. The van der Waals surface area contributed by atoms with Crippen LogP contribution in [0.2, 0.25) is 0 Å². The zero-order valence-electron chi connectivity index (χ0n) is 14.7. The lowest BCUT2D eigenvalue weighted by Crippen LogP contribution is -2.34. The molecule has 0 saturated carbocycles. The van der Waals surface area contributed by atoms with Gasteiger partial charge in [-0.05, 0) is 56.9 Å². The third kappa shape index (κ3) is 5.45. The fourth-order valence-corrected chi connectivity index (χ4v) is 2.79. The lowest BCUT2D eigenvalue weighted by atomic mass is 10.0. The van der Waals surface area contributed by atoms with Crippen molar-refractivity contribution in [3.63, 3.8) is 0 Å². The number of allylic oxidation sites excluding steroid dienone is 2. The Hall–Kier alpha value is -2.63. The fraction of sp³-hybridized carbons (Fsp3) is 0.421. The zero-order chi connectivity index (χ0) is 18.2. The van der Waals surface area contributed by atoms with Gasteiger partial charge in [0.05, 0.1) is 5.56 Å². The predicted molar refractivity (Wildman–Crippen MR) is 95.0 cm³/mol. The summed E-state index contributed by atoms with van der Waals surface area (Å²) >= 11 is 0. The van der Waals surface area contributed by atoms with Crippen LogP contribution in [-0.4, -0.2) is 35.8 Å². The topological polar surface area (TPSA) is 75.7 Å². The van der Waals surface area contributed by atoms with Crippen molar-refractivity contribution in [2.24, 2.45) is 0 Å². The van der Waals surface area contributed by atoms with E-state index in [-0.39, 0.29) is 18.4 Å². The minimum absolute atomic E-state index is 0.183. The zero-order valence-corrected chi connectivity index (χ0v) is 14.7. The first-order valence-corrected chi connectivity index (χ1v) is 8.55. The molecule has 1 aromatic carbocycles. The van der Waals surface area contributed by atoms with Gasteiger partial charge in [-0.1, -0.05) is 6.08 Å². The van der Waals surface area contributed by atoms with Crippen LogP contribution >= 0.6 is 0 Å². The van der Waals surface area contributed by atoms with Crippen LogP contribution in [0.4, 0.5) is 5.69 Å². The van der Waals surface area contributed by atoms with Gasteiger partial charge < -0.3 is 15.0 Å². The SMILES string of the molecule is CCN(C(=O)COC(=O)c1ccc(NC(C)=O)cc1)C1=CCCCC1. The molecule has 0 aromatic heterocycles. The van der Waals surface area contributed by atoms with Crippen LogP contribution in [0.5, 0.6) is 0 Å². The van der Waals surface area contributed by atoms with Crippen molar-refractivity contribution in [2.75, 3.05) is 18.5 Å². The smallest absolute Gasteiger partial charge is 0.338 e. The molecule has 1 aliphatic rings. The van der Waals surface area contributed by atoms with E-state index in [1.165, 1.54) is 6.92 Å². The van der Waals surface area contributed by atoms with Gasteiger partial charge in [-0.25, -0.2) is 4.79 Å². The van der Waals surface area contributed by atoms with Gasteiger partial charge in [-0.15, -0.1) is 0 Å². The number of carbonyl (C=O) groups excluding carboxylic acids is 3. The highest BCUT2D eigenvalue weighted by atomic mass is 16.5. The monoisotopic (exact) mass is 344 g/mol. The molecule has 0 unspecified atom stereocenters. The van der Waals surface area contributed by atoms with E-state index in [2.05, 4.69) is 11.4 Å². The minimum atomic E-state index is -0.559. The molecule has 0 atom stereocenters. The molecule has 134 valence electrons. The third-order valence-corrected chi connectivity index (χ3v) is 4.00. The third-order valence-electron chi connectivity index (χ3n) is 4.00. The van der Waals surface area contributed by atoms with E-state index in [1.54, 1.807) is 29.2 Å². The molecular formula is C19H24N2O4. The standard InChI is InChI=1S/C19H24N2O4/c1-3-21(17-7-5-4-6-8-17)18(23)13-25-19(24)15-9-11-16(12-10-15)20-14(2)22/h7,9-12H,3-6,8,13H2,1-2H3,(H,20,22). The number of benzene rings is 1. The second-order valence-electron chi connectivity index (χ2n) is 5.91. The Morgan fingerprint density at radius 3 is 2.44 bits per heavy atom. The summed E-state index contributed by atoms with van der Waals surface area (Å²) in [5.74, 6) is -0.951. The molecular weight excluding hydrogens is 320 g/mol. The maximum absolute atomic E-state index is 12.3. The van der Waals surface area contributed by atoms with Crippen LogP contribution in [0.3, 0.4) is 0 Å². The van der Waals surface area contributed by atoms with Crippen LogP contribution in [0.1, 0.15) is 49.9 Å². The van der Waals surface area contributed by atoms with E-state index < -0.39 is 5.97 Å². The predicted octanol–water partition coefficient (Wildman–Crippen LogP) is 3.11. The van der Waals surface area contributed by atoms with Gasteiger partial charge in [-0.3, -0.25) is 9.59 Å². The summed E-state index contributed by atoms with van der Waals surface area (Å²) in [4.78, 5) is 37.1. The summed E-state index contributed by atoms with van der Waals surface area (Å²) in [6.45, 7) is 3.61. The van der Waals surface area contributed by atoms with Gasteiger partial charge in [0.1, 0.15) is 0 Å². The molecule has 0 heterocycles. The van der Waals surface area contributed by atoms with Gasteiger partial charge in [0.15, 0.2) is 6.61 Å². The number of nitrogens with one attached hydrogen (secondary N) is 1. The second kappa shape index (κ2) is 9.01. The maximum atomic E-state index is 12.3. The number of amides is 2. The van der Waals surface area contributed by atoms with Crippen LogP contribution in [0.25, 0.3) is 0 Å². The Labute approximate surface area is 147 Å². The van der Waals surface area contributed by atoms with Crippen molar-refractivity contribution in [1.29, 1.82) is 0 Å². The second-order valence-corrected chi connectivity index (χ2v) is 5.91. The molecule has 0 spiro atoms. The molecule has 6 heteroatoms. The molecule has 0 saturated heterocycles. The number of hydrogen-bond acceptors (Lipinski definition) is 4. The van der Waals surface area contributed by atoms with E-state index in [0.717, 1.165) is 31.4 Å². The van der Waals surface area contributed by atoms with Gasteiger partial charge in [0, 0.05) is 24.9 Å². The number of anilines is 1. The average Bonchev–Trinajstić information content (AvgIpc) is 2.61. The first-order valence-electron chi connectivity index (χ1n) is 8.55. The summed E-state index contributed by atoms with van der Waals surface area (Å²) < 4.78 is 5.14. The Kier molecular flexibility index (Phi) is 6.74. The molecule has 1 aliphatic carbocycles. The largest absolute Gasteiger partial charge is 0.452 e. The lowest BCUT2D eigenvalue weighted by molar-refractivity contribution is -0.132. The van der Waals surface area contributed by atoms with E-state index in [1.807, 2.05) is 6.92 Å². The summed E-state index contributed by atoms with van der Waals surface area (Å²) in [6.07, 6.45) is 6.19. The highest BCUT2D eigenvalue weighted by molar-refractivity contribution is 5.93. The number of esters is 1. The molecule has 6 nitrogen and oxygen atoms in total. The van der Waals surface area contributed by atoms with Gasteiger partial charge in [-0.2, -0.15) is 0 Å². The number of likely N-dealkylation sites (N-methyl/N-ethyl adjacent to an activating group) is 1. The number of ether oxygens (including phenoxy) is 1. The summed E-state index contributed by atoms with van der Waals surface area (Å²) in [7, 11) is 0. The van der Waals surface area contributed by atoms with Gasteiger partial charge in [0.25, 0.3) is 5.91 Å². The van der Waals surface area contributed by atoms with Gasteiger partial charge >= 0.3 is 5.97 Å². The quantitative estimate of drug-likeness (QED) is 0.805. The molecule has 0 aliphatic heterocycles. The molecule has 1 aromatic rings. The minimum Gasteiger partial charge on any atom is -0.452 e. The molecule has 0 fully saturated rings. The summed E-state index contributed by atoms with van der Waals surface area (Å²) in [6, 6.07) is 6.34. The molecule has 1 N–H and O–H groups in total. The summed E-state index contributed by atoms with van der Waals surface area (Å²) in [5, 5.41) is 2.62. The number of rotatable bonds is 6. The van der Waals surface area contributed by atoms with Crippen LogP contribution in [0, 0.1) is 0 Å². The molecule has 0 bridgehead atoms. The van der Waals surface area contributed by atoms with Crippen molar-refractivity contribution in [3.8, 4) is 0 Å². The lowest BCUT2D eigenvalue weighted by Gasteiger charge is -2.26. The van der Waals surface area contributed by atoms with E-state index >= 15 is 0 Å². The van der Waals surface area contributed by atoms with Crippen molar-refractivity contribution < 1.29 is 19.1 Å². The van der Waals surface area contributed by atoms with Gasteiger partial charge in [0.2, 0.25) is 5.91 Å². The molecule has 2 rings (SSSR count). The fourth-order valence-electron chi connectivity index (χ4n) is 2.79. The Morgan fingerprint density at radius 1 is 1.16 bits per heavy atom. The Morgan fingerprint density at radius 2 is 1.88 bits per heavy atom. The Bertz CT molecular complexity index is 665. The number of nitrogens with zero attached hydrogens (tertiary/aromatic N) is 1. The Balaban J connectivity index is 1.90. The average molecular weight is 344 g/mol. The first kappa shape index (κ1) is 18.7. The van der Waals surface area contributed by atoms with Crippen LogP contribution in [0.15, 0.2) is 36.0 Å². The van der Waals surface area contributed by atoms with Crippen molar-refractivity contribution >= 4 is 23.5 Å². The summed E-state index contributed by atoms with van der Waals surface area (Å²) in [5.41, 5.74) is 1.96. The number of carbonyl (C=O) groups is 3. The highest BCUT2D eigenvalue weighted by Crippen LogP contribution is 2.21. The number of hydrogen-bond donors (Lipinski definition) is 1.